The molecule has 2 N–H and O–H groups in total. The number of carboxylic acid groups (broad SMARTS) is 1. The van der Waals surface area contributed by atoms with E-state index in [-0.39, 0.29) is 17.5 Å². The summed E-state index contributed by atoms with van der Waals surface area (Å²) in [5, 5.41) is 20.2. The molecule has 4 heterocycles. The summed E-state index contributed by atoms with van der Waals surface area (Å²) in [6, 6.07) is 3.48. The summed E-state index contributed by atoms with van der Waals surface area (Å²) >= 11 is 0. The lowest BCUT2D eigenvalue weighted by Gasteiger charge is -2.24. The predicted molar refractivity (Wildman–Crippen MR) is 118 cm³/mol. The summed E-state index contributed by atoms with van der Waals surface area (Å²) in [4.78, 5) is 34.0. The molecule has 1 amide bonds. The monoisotopic (exact) mass is 489 g/mol. The SMILES string of the molecule is Cc1cc(Nc2cc(C(F)(F)F)ccn2)nc(-c2cn([C@H](C)C(=O)N3CCCC3C(=O)O)nn2)c1. The fraction of sp³-hybridized carbons (Fsp3) is 0.364. The first kappa shape index (κ1) is 24.1. The molecule has 1 saturated heterocycles. The number of anilines is 2. The number of hydrogen-bond donors (Lipinski definition) is 2. The van der Waals surface area contributed by atoms with Gasteiger partial charge in [0.05, 0.1) is 17.5 Å². The molecule has 0 saturated carbocycles. The smallest absolute Gasteiger partial charge is 0.416 e. The summed E-state index contributed by atoms with van der Waals surface area (Å²) < 4.78 is 40.3. The number of amides is 1. The molecule has 4 rings (SSSR count). The minimum absolute atomic E-state index is 0.0228. The molecule has 1 fully saturated rings. The van der Waals surface area contributed by atoms with E-state index in [1.54, 1.807) is 26.0 Å². The largest absolute Gasteiger partial charge is 0.480 e. The van der Waals surface area contributed by atoms with Crippen molar-refractivity contribution in [3.05, 3.63) is 47.8 Å². The molecule has 3 aromatic rings. The van der Waals surface area contributed by atoms with E-state index in [2.05, 4.69) is 25.6 Å². The first-order chi connectivity index (χ1) is 16.5. The molecule has 1 aliphatic heterocycles. The molecule has 1 unspecified atom stereocenters. The summed E-state index contributed by atoms with van der Waals surface area (Å²) in [6.07, 6.45) is -0.914. The average Bonchev–Trinajstić information content (AvgIpc) is 3.47. The Morgan fingerprint density at radius 2 is 1.97 bits per heavy atom. The molecule has 13 heteroatoms. The van der Waals surface area contributed by atoms with Gasteiger partial charge in [-0.1, -0.05) is 5.21 Å². The standard InChI is InChI=1S/C22H22F3N7O3/c1-12-8-15(27-19(9-12)28-18-10-14(5-6-26-18)22(23,24)25)16-11-32(30-29-16)13(2)20(33)31-7-3-4-17(31)21(34)35/h5-6,8-11,13,17H,3-4,7H2,1-2H3,(H,34,35)(H,26,27,28)/t13-,17?/m1/s1. The van der Waals surface area contributed by atoms with Crippen LogP contribution in [0.2, 0.25) is 0 Å². The normalized spacial score (nSPS) is 16.8. The van der Waals surface area contributed by atoms with Crippen molar-refractivity contribution >= 4 is 23.5 Å². The van der Waals surface area contributed by atoms with Gasteiger partial charge >= 0.3 is 12.1 Å². The molecule has 1 aliphatic rings. The maximum Gasteiger partial charge on any atom is 0.416 e. The maximum atomic E-state index is 13.0. The molecule has 0 spiro atoms. The Hall–Kier alpha value is -4.03. The third-order valence-electron chi connectivity index (χ3n) is 5.66. The van der Waals surface area contributed by atoms with Gasteiger partial charge in [0.2, 0.25) is 5.91 Å². The van der Waals surface area contributed by atoms with Crippen molar-refractivity contribution in [1.82, 2.24) is 29.9 Å². The van der Waals surface area contributed by atoms with Crippen molar-refractivity contribution in [2.45, 2.75) is 44.9 Å². The van der Waals surface area contributed by atoms with E-state index in [1.165, 1.54) is 15.8 Å². The van der Waals surface area contributed by atoms with Crippen LogP contribution < -0.4 is 5.32 Å². The number of aryl methyl sites for hydroxylation is 1. The van der Waals surface area contributed by atoms with Gasteiger partial charge in [0.15, 0.2) is 0 Å². The van der Waals surface area contributed by atoms with Gasteiger partial charge in [0, 0.05) is 12.7 Å². The minimum atomic E-state index is -4.50. The molecule has 184 valence electrons. The Balaban J connectivity index is 1.55. The molecule has 10 nitrogen and oxygen atoms in total. The number of nitrogens with zero attached hydrogens (tertiary/aromatic N) is 6. The van der Waals surface area contributed by atoms with Crippen molar-refractivity contribution in [2.75, 3.05) is 11.9 Å². The predicted octanol–water partition coefficient (Wildman–Crippen LogP) is 3.44. The van der Waals surface area contributed by atoms with Gasteiger partial charge in [-0.3, -0.25) is 4.79 Å². The average molecular weight is 489 g/mol. The second-order valence-electron chi connectivity index (χ2n) is 8.26. The summed E-state index contributed by atoms with van der Waals surface area (Å²) in [7, 11) is 0. The third-order valence-corrected chi connectivity index (χ3v) is 5.66. The van der Waals surface area contributed by atoms with E-state index in [9.17, 15) is 27.9 Å². The van der Waals surface area contributed by atoms with Crippen molar-refractivity contribution in [1.29, 1.82) is 0 Å². The highest BCUT2D eigenvalue weighted by Gasteiger charge is 2.36. The number of aromatic nitrogens is 5. The van der Waals surface area contributed by atoms with Crippen LogP contribution in [0.1, 0.15) is 36.9 Å². The number of pyridine rings is 2. The van der Waals surface area contributed by atoms with Crippen LogP contribution >= 0.6 is 0 Å². The number of aliphatic carboxylic acids is 1. The van der Waals surface area contributed by atoms with Gasteiger partial charge in [-0.15, -0.1) is 5.10 Å². The van der Waals surface area contributed by atoms with Crippen LogP contribution in [-0.4, -0.2) is 59.4 Å². The van der Waals surface area contributed by atoms with E-state index in [4.69, 9.17) is 0 Å². The molecular formula is C22H22F3N7O3. The lowest BCUT2D eigenvalue weighted by molar-refractivity contribution is -0.149. The van der Waals surface area contributed by atoms with Crippen LogP contribution in [-0.2, 0) is 15.8 Å². The Morgan fingerprint density at radius 3 is 2.69 bits per heavy atom. The van der Waals surface area contributed by atoms with Crippen molar-refractivity contribution in [2.24, 2.45) is 0 Å². The number of carboxylic acids is 1. The van der Waals surface area contributed by atoms with E-state index >= 15 is 0 Å². The van der Waals surface area contributed by atoms with Crippen molar-refractivity contribution in [3.63, 3.8) is 0 Å². The Kier molecular flexibility index (Phi) is 6.41. The number of likely N-dealkylation sites (tertiary alicyclic amines) is 1. The number of hydrogen-bond acceptors (Lipinski definition) is 7. The van der Waals surface area contributed by atoms with Crippen molar-refractivity contribution in [3.8, 4) is 11.4 Å². The van der Waals surface area contributed by atoms with Crippen LogP contribution in [0.15, 0.2) is 36.7 Å². The highest BCUT2D eigenvalue weighted by atomic mass is 19.4. The first-order valence-corrected chi connectivity index (χ1v) is 10.8. The number of rotatable bonds is 6. The van der Waals surface area contributed by atoms with E-state index < -0.39 is 29.8 Å². The molecule has 0 aromatic carbocycles. The van der Waals surface area contributed by atoms with Crippen LogP contribution in [0.25, 0.3) is 11.4 Å². The first-order valence-electron chi connectivity index (χ1n) is 10.8. The molecule has 3 aromatic heterocycles. The van der Waals surface area contributed by atoms with Gasteiger partial charge in [0.25, 0.3) is 0 Å². The molecule has 35 heavy (non-hydrogen) atoms. The Bertz CT molecular complexity index is 1260. The number of alkyl halides is 3. The number of halogens is 3. The molecule has 0 radical (unpaired) electrons. The molecule has 2 atom stereocenters. The van der Waals surface area contributed by atoms with Crippen molar-refractivity contribution < 1.29 is 27.9 Å². The molecular weight excluding hydrogens is 467 g/mol. The zero-order valence-corrected chi connectivity index (χ0v) is 18.8. The fourth-order valence-corrected chi connectivity index (χ4v) is 3.89. The highest BCUT2D eigenvalue weighted by Crippen LogP contribution is 2.31. The highest BCUT2D eigenvalue weighted by molar-refractivity contribution is 5.86. The molecule has 0 bridgehead atoms. The Labute approximate surface area is 197 Å². The lowest BCUT2D eigenvalue weighted by atomic mass is 10.2. The van der Waals surface area contributed by atoms with Crippen LogP contribution in [0.4, 0.5) is 24.8 Å². The Morgan fingerprint density at radius 1 is 1.20 bits per heavy atom. The van der Waals surface area contributed by atoms with E-state index in [1.807, 2.05) is 0 Å². The van der Waals surface area contributed by atoms with Crippen LogP contribution in [0, 0.1) is 6.92 Å². The van der Waals surface area contributed by atoms with Gasteiger partial charge in [-0.05, 0) is 56.5 Å². The van der Waals surface area contributed by atoms with Crippen LogP contribution in [0.3, 0.4) is 0 Å². The quantitative estimate of drug-likeness (QED) is 0.539. The van der Waals surface area contributed by atoms with Gasteiger partial charge in [0.1, 0.15) is 29.4 Å². The third kappa shape index (κ3) is 5.23. The number of nitrogens with one attached hydrogen (secondary N) is 1. The summed E-state index contributed by atoms with van der Waals surface area (Å²) in [5.74, 6) is -1.18. The van der Waals surface area contributed by atoms with Gasteiger partial charge in [-0.2, -0.15) is 13.2 Å². The summed E-state index contributed by atoms with van der Waals surface area (Å²) in [6.45, 7) is 3.75. The minimum Gasteiger partial charge on any atom is -0.480 e. The zero-order chi connectivity index (χ0) is 25.3. The van der Waals surface area contributed by atoms with E-state index in [0.717, 1.165) is 23.9 Å². The second kappa shape index (κ2) is 9.31. The zero-order valence-electron chi connectivity index (χ0n) is 18.8. The van der Waals surface area contributed by atoms with Gasteiger partial charge in [-0.25, -0.2) is 19.4 Å². The van der Waals surface area contributed by atoms with Crippen LogP contribution in [0.5, 0.6) is 0 Å². The van der Waals surface area contributed by atoms with Gasteiger partial charge < -0.3 is 15.3 Å². The lowest BCUT2D eigenvalue weighted by Crippen LogP contribution is -2.43. The number of carbonyl (C=O) groups is 2. The number of carbonyl (C=O) groups excluding carboxylic acids is 1. The summed E-state index contributed by atoms with van der Waals surface area (Å²) in [5.41, 5.74) is 0.636. The van der Waals surface area contributed by atoms with E-state index in [0.29, 0.717) is 30.8 Å². The fourth-order valence-electron chi connectivity index (χ4n) is 3.89. The molecule has 0 aliphatic carbocycles. The topological polar surface area (TPSA) is 126 Å². The second-order valence-corrected chi connectivity index (χ2v) is 8.26. The maximum absolute atomic E-state index is 13.0.